The summed E-state index contributed by atoms with van der Waals surface area (Å²) in [6, 6.07) is 0.396. The van der Waals surface area contributed by atoms with Crippen molar-refractivity contribution in [1.82, 2.24) is 15.1 Å². The lowest BCUT2D eigenvalue weighted by Gasteiger charge is -2.24. The van der Waals surface area contributed by atoms with Gasteiger partial charge < -0.3 is 10.4 Å². The number of nitrogens with zero attached hydrogens (tertiary/aromatic N) is 2. The second kappa shape index (κ2) is 3.57. The second-order valence-electron chi connectivity index (χ2n) is 5.75. The lowest BCUT2D eigenvalue weighted by molar-refractivity contribution is 0.0687. The Bertz CT molecular complexity index is 517. The SMILES string of the molecule is O=C(O)c1nn(C2CCNCC2)c2c1C[C@H]1C[C@@H]21. The van der Waals surface area contributed by atoms with Crippen molar-refractivity contribution >= 4 is 5.97 Å². The highest BCUT2D eigenvalue weighted by Crippen LogP contribution is 2.57. The zero-order valence-electron chi connectivity index (χ0n) is 10.2. The van der Waals surface area contributed by atoms with Gasteiger partial charge in [0.05, 0.1) is 6.04 Å². The first kappa shape index (κ1) is 10.6. The van der Waals surface area contributed by atoms with Gasteiger partial charge in [-0.2, -0.15) is 5.10 Å². The van der Waals surface area contributed by atoms with Crippen LogP contribution in [0.15, 0.2) is 0 Å². The standard InChI is InChI=1S/C13H17N3O2/c17-13(18)11-10-6-7-5-9(7)12(10)16(15-11)8-1-3-14-4-2-8/h7-9,14H,1-6H2,(H,17,18)/t7-,9-/m1/s1. The van der Waals surface area contributed by atoms with Crippen molar-refractivity contribution in [3.8, 4) is 0 Å². The van der Waals surface area contributed by atoms with E-state index in [9.17, 15) is 9.90 Å². The van der Waals surface area contributed by atoms with E-state index in [-0.39, 0.29) is 0 Å². The maximum atomic E-state index is 11.3. The zero-order valence-corrected chi connectivity index (χ0v) is 10.2. The minimum atomic E-state index is -0.861. The molecule has 2 N–H and O–H groups in total. The average Bonchev–Trinajstić information content (AvgIpc) is 2.88. The fourth-order valence-electron chi connectivity index (χ4n) is 3.65. The molecular formula is C13H17N3O2. The Labute approximate surface area is 105 Å². The Morgan fingerprint density at radius 1 is 1.39 bits per heavy atom. The molecule has 3 aliphatic rings. The molecule has 2 fully saturated rings. The summed E-state index contributed by atoms with van der Waals surface area (Å²) in [6.07, 6.45) is 4.30. The Kier molecular flexibility index (Phi) is 2.09. The fourth-order valence-corrected chi connectivity index (χ4v) is 3.65. The van der Waals surface area contributed by atoms with Gasteiger partial charge in [-0.15, -0.1) is 0 Å². The monoisotopic (exact) mass is 247 g/mol. The molecule has 1 saturated heterocycles. The highest BCUT2D eigenvalue weighted by Gasteiger charge is 2.50. The number of hydrogen-bond acceptors (Lipinski definition) is 3. The largest absolute Gasteiger partial charge is 0.476 e. The van der Waals surface area contributed by atoms with Crippen LogP contribution in [0, 0.1) is 5.92 Å². The van der Waals surface area contributed by atoms with Crippen molar-refractivity contribution in [1.29, 1.82) is 0 Å². The Hall–Kier alpha value is -1.36. The van der Waals surface area contributed by atoms with Gasteiger partial charge in [-0.3, -0.25) is 4.68 Å². The number of fused-ring (bicyclic) bond motifs is 3. The number of piperidine rings is 1. The van der Waals surface area contributed by atoms with Crippen LogP contribution in [-0.2, 0) is 6.42 Å². The summed E-state index contributed by atoms with van der Waals surface area (Å²) >= 11 is 0. The number of carbonyl (C=O) groups is 1. The number of rotatable bonds is 2. The average molecular weight is 247 g/mol. The lowest BCUT2D eigenvalue weighted by atomic mass is 10.1. The number of hydrogen-bond donors (Lipinski definition) is 2. The Morgan fingerprint density at radius 3 is 2.89 bits per heavy atom. The van der Waals surface area contributed by atoms with Crippen LogP contribution in [0.5, 0.6) is 0 Å². The third-order valence-electron chi connectivity index (χ3n) is 4.65. The van der Waals surface area contributed by atoms with E-state index in [0.29, 0.717) is 23.6 Å². The van der Waals surface area contributed by atoms with E-state index in [1.807, 2.05) is 0 Å². The van der Waals surface area contributed by atoms with Gasteiger partial charge >= 0.3 is 5.97 Å². The van der Waals surface area contributed by atoms with Gasteiger partial charge in [0.1, 0.15) is 0 Å². The molecular weight excluding hydrogens is 230 g/mol. The minimum Gasteiger partial charge on any atom is -0.476 e. The summed E-state index contributed by atoms with van der Waals surface area (Å²) in [5.74, 6) is 0.458. The molecule has 2 atom stereocenters. The quantitative estimate of drug-likeness (QED) is 0.823. The summed E-state index contributed by atoms with van der Waals surface area (Å²) in [6.45, 7) is 2.02. The van der Waals surface area contributed by atoms with E-state index < -0.39 is 5.97 Å². The van der Waals surface area contributed by atoms with E-state index in [4.69, 9.17) is 0 Å². The first-order valence-corrected chi connectivity index (χ1v) is 6.81. The number of nitrogens with one attached hydrogen (secondary N) is 1. The first-order valence-electron chi connectivity index (χ1n) is 6.81. The van der Waals surface area contributed by atoms with Gasteiger partial charge in [0.2, 0.25) is 0 Å². The summed E-state index contributed by atoms with van der Waals surface area (Å²) < 4.78 is 2.07. The van der Waals surface area contributed by atoms with Crippen molar-refractivity contribution in [2.45, 2.75) is 37.6 Å². The summed E-state index contributed by atoms with van der Waals surface area (Å²) in [7, 11) is 0. The van der Waals surface area contributed by atoms with E-state index >= 15 is 0 Å². The molecule has 0 bridgehead atoms. The van der Waals surface area contributed by atoms with E-state index in [2.05, 4.69) is 15.1 Å². The van der Waals surface area contributed by atoms with Gasteiger partial charge in [-0.25, -0.2) is 4.79 Å². The predicted octanol–water partition coefficient (Wildman–Crippen LogP) is 1.17. The third-order valence-corrected chi connectivity index (χ3v) is 4.65. The fraction of sp³-hybridized carbons (Fsp3) is 0.692. The molecule has 5 nitrogen and oxygen atoms in total. The third kappa shape index (κ3) is 1.37. The molecule has 0 aromatic carbocycles. The normalized spacial score (nSPS) is 30.0. The number of carboxylic acids is 1. The lowest BCUT2D eigenvalue weighted by Crippen LogP contribution is -2.30. The van der Waals surface area contributed by atoms with Gasteiger partial charge in [0, 0.05) is 17.2 Å². The molecule has 1 aromatic heterocycles. The summed E-state index contributed by atoms with van der Waals surface area (Å²) in [5.41, 5.74) is 2.60. The molecule has 1 aromatic rings. The molecule has 18 heavy (non-hydrogen) atoms. The maximum Gasteiger partial charge on any atom is 0.356 e. The molecule has 5 heteroatoms. The number of aromatic nitrogens is 2. The predicted molar refractivity (Wildman–Crippen MR) is 64.9 cm³/mol. The molecule has 4 rings (SSSR count). The van der Waals surface area contributed by atoms with E-state index in [1.54, 1.807) is 0 Å². The van der Waals surface area contributed by atoms with Crippen LogP contribution < -0.4 is 5.32 Å². The van der Waals surface area contributed by atoms with Crippen molar-refractivity contribution in [3.05, 3.63) is 17.0 Å². The van der Waals surface area contributed by atoms with Crippen LogP contribution in [0.3, 0.4) is 0 Å². The zero-order chi connectivity index (χ0) is 12.3. The molecule has 0 unspecified atom stereocenters. The van der Waals surface area contributed by atoms with Crippen LogP contribution >= 0.6 is 0 Å². The molecule has 1 aliphatic heterocycles. The molecule has 0 spiro atoms. The smallest absolute Gasteiger partial charge is 0.356 e. The van der Waals surface area contributed by atoms with E-state index in [1.165, 1.54) is 12.1 Å². The van der Waals surface area contributed by atoms with Crippen LogP contribution in [0.4, 0.5) is 0 Å². The van der Waals surface area contributed by atoms with Gasteiger partial charge in [0.15, 0.2) is 5.69 Å². The van der Waals surface area contributed by atoms with Crippen LogP contribution in [0.2, 0.25) is 0 Å². The van der Waals surface area contributed by atoms with Gasteiger partial charge in [0.25, 0.3) is 0 Å². The first-order chi connectivity index (χ1) is 8.75. The van der Waals surface area contributed by atoms with Gasteiger partial charge in [-0.05, 0) is 44.7 Å². The highest BCUT2D eigenvalue weighted by atomic mass is 16.4. The minimum absolute atomic E-state index is 0.315. The van der Waals surface area contributed by atoms with Crippen molar-refractivity contribution < 1.29 is 9.90 Å². The van der Waals surface area contributed by atoms with Gasteiger partial charge in [-0.1, -0.05) is 0 Å². The summed E-state index contributed by atoms with van der Waals surface area (Å²) in [5, 5.41) is 17.0. The number of carboxylic acid groups (broad SMARTS) is 1. The molecule has 0 amide bonds. The van der Waals surface area contributed by atoms with Crippen molar-refractivity contribution in [3.63, 3.8) is 0 Å². The molecule has 96 valence electrons. The Morgan fingerprint density at radius 2 is 2.17 bits per heavy atom. The van der Waals surface area contributed by atoms with E-state index in [0.717, 1.165) is 37.9 Å². The number of aromatic carboxylic acids is 1. The second-order valence-corrected chi connectivity index (χ2v) is 5.75. The summed E-state index contributed by atoms with van der Waals surface area (Å²) in [4.78, 5) is 11.3. The van der Waals surface area contributed by atoms with Crippen molar-refractivity contribution in [2.24, 2.45) is 5.92 Å². The Balaban J connectivity index is 1.78. The van der Waals surface area contributed by atoms with Crippen LogP contribution in [-0.4, -0.2) is 33.9 Å². The van der Waals surface area contributed by atoms with Crippen molar-refractivity contribution in [2.75, 3.05) is 13.1 Å². The molecule has 2 heterocycles. The molecule has 2 aliphatic carbocycles. The molecule has 0 radical (unpaired) electrons. The van der Waals surface area contributed by atoms with Crippen LogP contribution in [0.25, 0.3) is 0 Å². The van der Waals surface area contributed by atoms with Crippen LogP contribution in [0.1, 0.15) is 53.0 Å². The maximum absolute atomic E-state index is 11.3. The molecule has 1 saturated carbocycles. The highest BCUT2D eigenvalue weighted by molar-refractivity contribution is 5.88. The topological polar surface area (TPSA) is 67.1 Å².